The van der Waals surface area contributed by atoms with Crippen molar-refractivity contribution in [3.63, 3.8) is 0 Å². The van der Waals surface area contributed by atoms with Crippen LogP contribution in [0.4, 0.5) is 4.39 Å². The van der Waals surface area contributed by atoms with E-state index in [0.29, 0.717) is 41.0 Å². The number of carbonyl (C=O) groups is 1. The maximum atomic E-state index is 14.6. The van der Waals surface area contributed by atoms with E-state index in [0.717, 1.165) is 16.8 Å². The van der Waals surface area contributed by atoms with Crippen molar-refractivity contribution < 1.29 is 9.18 Å². The molecule has 1 N–H and O–H groups in total. The minimum Gasteiger partial charge on any atom is -0.337 e. The lowest BCUT2D eigenvalue weighted by atomic mass is 9.89. The molecule has 0 atom stereocenters. The number of halogens is 1. The Bertz CT molecular complexity index is 1130. The van der Waals surface area contributed by atoms with Gasteiger partial charge in [0, 0.05) is 35.8 Å². The van der Waals surface area contributed by atoms with Crippen molar-refractivity contribution in [3.05, 3.63) is 75.7 Å². The average molecular weight is 388 g/mol. The summed E-state index contributed by atoms with van der Waals surface area (Å²) in [6, 6.07) is 12.6. The van der Waals surface area contributed by atoms with Gasteiger partial charge in [0.25, 0.3) is 5.91 Å². The molecule has 1 aromatic heterocycles. The Balaban J connectivity index is 1.56. The Morgan fingerprint density at radius 3 is 2.48 bits per heavy atom. The first-order chi connectivity index (χ1) is 13.9. The molecular formula is C23H21FN4O. The fourth-order valence-electron chi connectivity index (χ4n) is 3.69. The van der Waals surface area contributed by atoms with Crippen LogP contribution in [0.15, 0.2) is 36.4 Å². The summed E-state index contributed by atoms with van der Waals surface area (Å²) in [5.74, 6) is -0.227. The third kappa shape index (κ3) is 3.29. The molecular weight excluding hydrogens is 367 g/mol. The van der Waals surface area contributed by atoms with Gasteiger partial charge in [-0.2, -0.15) is 10.4 Å². The molecule has 1 saturated heterocycles. The number of hydrogen-bond donors (Lipinski definition) is 1. The Morgan fingerprint density at radius 1 is 1.21 bits per heavy atom. The number of benzene rings is 2. The molecule has 1 amide bonds. The van der Waals surface area contributed by atoms with Crippen molar-refractivity contribution in [1.29, 1.82) is 5.26 Å². The van der Waals surface area contributed by atoms with Crippen LogP contribution in [0.5, 0.6) is 0 Å². The van der Waals surface area contributed by atoms with E-state index in [2.05, 4.69) is 16.3 Å². The van der Waals surface area contributed by atoms with Gasteiger partial charge < -0.3 is 4.90 Å². The van der Waals surface area contributed by atoms with Gasteiger partial charge in [-0.05, 0) is 61.7 Å². The standard InChI is InChI=1S/C23H21FN4O/c1-13-8-21(24)20(22-14(2)15(3)26-27-22)9-19(13)23(29)28-11-18(12-28)17-6-4-16(10-25)5-7-17/h4-9,18H,11-12H2,1-3H3,(H,26,27). The fraction of sp³-hybridized carbons (Fsp3) is 0.261. The Hall–Kier alpha value is -3.46. The number of likely N-dealkylation sites (tertiary alicyclic amines) is 1. The zero-order chi connectivity index (χ0) is 20.7. The van der Waals surface area contributed by atoms with Crippen molar-refractivity contribution in [2.45, 2.75) is 26.7 Å². The second-order valence-electron chi connectivity index (χ2n) is 7.61. The maximum Gasteiger partial charge on any atom is 0.254 e. The average Bonchev–Trinajstić information content (AvgIpc) is 3.00. The van der Waals surface area contributed by atoms with Gasteiger partial charge in [0.05, 0.1) is 17.3 Å². The van der Waals surface area contributed by atoms with Crippen molar-refractivity contribution in [2.24, 2.45) is 0 Å². The smallest absolute Gasteiger partial charge is 0.254 e. The summed E-state index contributed by atoms with van der Waals surface area (Å²) in [6.07, 6.45) is 0. The first-order valence-electron chi connectivity index (χ1n) is 9.50. The van der Waals surface area contributed by atoms with Crippen LogP contribution in [0.2, 0.25) is 0 Å². The maximum absolute atomic E-state index is 14.6. The van der Waals surface area contributed by atoms with Crippen molar-refractivity contribution in [3.8, 4) is 17.3 Å². The largest absolute Gasteiger partial charge is 0.337 e. The van der Waals surface area contributed by atoms with Gasteiger partial charge in [0.1, 0.15) is 5.82 Å². The first kappa shape index (κ1) is 18.9. The van der Waals surface area contributed by atoms with E-state index >= 15 is 0 Å². The molecule has 0 unspecified atom stereocenters. The Kier molecular flexibility index (Phi) is 4.67. The van der Waals surface area contributed by atoms with Gasteiger partial charge in [-0.1, -0.05) is 12.1 Å². The summed E-state index contributed by atoms with van der Waals surface area (Å²) in [5, 5.41) is 16.0. The molecule has 0 aliphatic carbocycles. The molecule has 6 heteroatoms. The zero-order valence-electron chi connectivity index (χ0n) is 16.6. The molecule has 1 aliphatic rings. The van der Waals surface area contributed by atoms with E-state index in [1.807, 2.05) is 26.0 Å². The fourth-order valence-corrected chi connectivity index (χ4v) is 3.69. The molecule has 5 nitrogen and oxygen atoms in total. The van der Waals surface area contributed by atoms with Crippen LogP contribution < -0.4 is 0 Å². The summed E-state index contributed by atoms with van der Waals surface area (Å²) in [6.45, 7) is 6.73. The van der Waals surface area contributed by atoms with Crippen molar-refractivity contribution in [1.82, 2.24) is 15.1 Å². The predicted molar refractivity (Wildman–Crippen MR) is 108 cm³/mol. The summed E-state index contributed by atoms with van der Waals surface area (Å²) in [5.41, 5.74) is 5.48. The van der Waals surface area contributed by atoms with Crippen LogP contribution in [-0.4, -0.2) is 34.1 Å². The van der Waals surface area contributed by atoms with Crippen LogP contribution in [0, 0.1) is 37.9 Å². The Labute approximate surface area is 168 Å². The third-order valence-electron chi connectivity index (χ3n) is 5.73. The number of nitriles is 1. The molecule has 0 saturated carbocycles. The lowest BCUT2D eigenvalue weighted by Crippen LogP contribution is -2.48. The molecule has 146 valence electrons. The molecule has 2 heterocycles. The molecule has 29 heavy (non-hydrogen) atoms. The van der Waals surface area contributed by atoms with Crippen LogP contribution in [-0.2, 0) is 0 Å². The summed E-state index contributed by atoms with van der Waals surface area (Å²) >= 11 is 0. The van der Waals surface area contributed by atoms with E-state index in [-0.39, 0.29) is 17.6 Å². The lowest BCUT2D eigenvalue weighted by Gasteiger charge is -2.40. The summed E-state index contributed by atoms with van der Waals surface area (Å²) in [4.78, 5) is 14.8. The number of H-pyrrole nitrogens is 1. The number of hydrogen-bond acceptors (Lipinski definition) is 3. The summed E-state index contributed by atoms with van der Waals surface area (Å²) < 4.78 is 14.6. The second kappa shape index (κ2) is 7.17. The number of aryl methyl sites for hydroxylation is 2. The van der Waals surface area contributed by atoms with E-state index in [1.54, 1.807) is 30.0 Å². The number of rotatable bonds is 3. The molecule has 0 radical (unpaired) electrons. The van der Waals surface area contributed by atoms with Crippen molar-refractivity contribution in [2.75, 3.05) is 13.1 Å². The quantitative estimate of drug-likeness (QED) is 0.729. The van der Waals surface area contributed by atoms with E-state index in [4.69, 9.17) is 5.26 Å². The normalized spacial score (nSPS) is 13.8. The number of aromatic nitrogens is 2. The first-order valence-corrected chi connectivity index (χ1v) is 9.50. The van der Waals surface area contributed by atoms with Crippen LogP contribution in [0.1, 0.15) is 44.2 Å². The van der Waals surface area contributed by atoms with Gasteiger partial charge in [-0.15, -0.1) is 0 Å². The molecule has 3 aromatic rings. The highest BCUT2D eigenvalue weighted by atomic mass is 19.1. The van der Waals surface area contributed by atoms with E-state index < -0.39 is 0 Å². The lowest BCUT2D eigenvalue weighted by molar-refractivity contribution is 0.0601. The molecule has 1 fully saturated rings. The Morgan fingerprint density at radius 2 is 1.90 bits per heavy atom. The van der Waals surface area contributed by atoms with Gasteiger partial charge >= 0.3 is 0 Å². The van der Waals surface area contributed by atoms with E-state index in [9.17, 15) is 9.18 Å². The van der Waals surface area contributed by atoms with Crippen LogP contribution in [0.25, 0.3) is 11.3 Å². The number of carbonyl (C=O) groups excluding carboxylic acids is 1. The van der Waals surface area contributed by atoms with Crippen molar-refractivity contribution >= 4 is 5.91 Å². The summed E-state index contributed by atoms with van der Waals surface area (Å²) in [7, 11) is 0. The molecule has 2 aromatic carbocycles. The van der Waals surface area contributed by atoms with Crippen LogP contribution in [0.3, 0.4) is 0 Å². The van der Waals surface area contributed by atoms with Gasteiger partial charge in [0.15, 0.2) is 0 Å². The number of amides is 1. The van der Waals surface area contributed by atoms with Gasteiger partial charge in [0.2, 0.25) is 0 Å². The second-order valence-corrected chi connectivity index (χ2v) is 7.61. The van der Waals surface area contributed by atoms with Gasteiger partial charge in [-0.3, -0.25) is 9.89 Å². The SMILES string of the molecule is Cc1cc(F)c(-c2n[nH]c(C)c2C)cc1C(=O)N1CC(c2ccc(C#N)cc2)C1. The molecule has 0 spiro atoms. The molecule has 0 bridgehead atoms. The minimum absolute atomic E-state index is 0.0986. The highest BCUT2D eigenvalue weighted by Gasteiger charge is 2.33. The molecule has 4 rings (SSSR count). The number of nitrogens with zero attached hydrogens (tertiary/aromatic N) is 3. The zero-order valence-corrected chi connectivity index (χ0v) is 16.6. The topological polar surface area (TPSA) is 72.8 Å². The number of nitrogens with one attached hydrogen (secondary N) is 1. The highest BCUT2D eigenvalue weighted by molar-refractivity contribution is 5.97. The minimum atomic E-state index is -0.382. The highest BCUT2D eigenvalue weighted by Crippen LogP contribution is 2.32. The number of aromatic amines is 1. The predicted octanol–water partition coefficient (Wildman–Crippen LogP) is 4.25. The van der Waals surface area contributed by atoms with Crippen LogP contribution >= 0.6 is 0 Å². The molecule has 1 aliphatic heterocycles. The van der Waals surface area contributed by atoms with Gasteiger partial charge in [-0.25, -0.2) is 4.39 Å². The monoisotopic (exact) mass is 388 g/mol. The van der Waals surface area contributed by atoms with E-state index in [1.165, 1.54) is 6.07 Å². The third-order valence-corrected chi connectivity index (χ3v) is 5.73.